The van der Waals surface area contributed by atoms with Crippen molar-refractivity contribution in [2.45, 2.75) is 25.8 Å². The number of carboxylic acids is 1. The third-order valence-corrected chi connectivity index (χ3v) is 6.84. The zero-order chi connectivity index (χ0) is 19.0. The number of nitrogens with zero attached hydrogens (tertiary/aromatic N) is 1. The van der Waals surface area contributed by atoms with E-state index in [9.17, 15) is 14.7 Å². The van der Waals surface area contributed by atoms with Gasteiger partial charge in [0.2, 0.25) is 5.91 Å². The highest BCUT2D eigenvalue weighted by Gasteiger charge is 2.52. The third kappa shape index (κ3) is 3.55. The van der Waals surface area contributed by atoms with E-state index in [0.29, 0.717) is 13.1 Å². The Bertz CT molecular complexity index is 714. The lowest BCUT2D eigenvalue weighted by Crippen LogP contribution is -3.13. The summed E-state index contributed by atoms with van der Waals surface area (Å²) >= 11 is 0. The first kappa shape index (κ1) is 18.3. The molecule has 2 aliphatic carbocycles. The Hall–Kier alpha value is -2.08. The number of carbonyl (C=O) groups excluding carboxylic acids is 2. The van der Waals surface area contributed by atoms with Crippen LogP contribution in [0.15, 0.2) is 24.3 Å². The predicted octanol–water partition coefficient (Wildman–Crippen LogP) is -0.665. The van der Waals surface area contributed by atoms with E-state index >= 15 is 0 Å². The quantitative estimate of drug-likeness (QED) is 0.744. The van der Waals surface area contributed by atoms with E-state index in [1.165, 1.54) is 10.5 Å². The molecule has 1 aromatic carbocycles. The summed E-state index contributed by atoms with van der Waals surface area (Å²) in [5.74, 6) is -0.640. The van der Waals surface area contributed by atoms with Gasteiger partial charge < -0.3 is 24.4 Å². The molecule has 6 heteroatoms. The van der Waals surface area contributed by atoms with Crippen LogP contribution in [0.2, 0.25) is 0 Å². The minimum absolute atomic E-state index is 0.0526. The summed E-state index contributed by atoms with van der Waals surface area (Å²) in [6.45, 7) is 4.09. The monoisotopic (exact) mass is 372 g/mol. The Morgan fingerprint density at radius 3 is 2.56 bits per heavy atom. The van der Waals surface area contributed by atoms with Gasteiger partial charge in [-0.15, -0.1) is 0 Å². The normalized spacial score (nSPS) is 30.5. The van der Waals surface area contributed by atoms with Gasteiger partial charge in [0.25, 0.3) is 0 Å². The van der Waals surface area contributed by atoms with Crippen LogP contribution in [0.25, 0.3) is 0 Å². The SMILES string of the molecule is COc1cccc(C[NH+]2CCN(C(=O)[C@H]3[C@@H]4CC[C@H](C4)[C@@H]3C(=O)[O-])CC2)c1. The molecule has 146 valence electrons. The molecule has 4 rings (SSSR count). The Morgan fingerprint density at radius 2 is 1.89 bits per heavy atom. The number of rotatable bonds is 5. The lowest BCUT2D eigenvalue weighted by molar-refractivity contribution is -0.917. The number of hydrogen-bond acceptors (Lipinski definition) is 4. The maximum Gasteiger partial charge on any atom is 0.227 e. The summed E-state index contributed by atoms with van der Waals surface area (Å²) in [6, 6.07) is 8.11. The van der Waals surface area contributed by atoms with Gasteiger partial charge in [-0.1, -0.05) is 12.1 Å². The fourth-order valence-electron chi connectivity index (χ4n) is 5.49. The molecule has 3 aliphatic rings. The average molecular weight is 372 g/mol. The molecule has 1 aliphatic heterocycles. The molecule has 0 aromatic heterocycles. The van der Waals surface area contributed by atoms with Crippen LogP contribution in [-0.2, 0) is 16.1 Å². The zero-order valence-electron chi connectivity index (χ0n) is 15.9. The van der Waals surface area contributed by atoms with Crippen LogP contribution >= 0.6 is 0 Å². The molecule has 3 fully saturated rings. The number of nitrogens with one attached hydrogen (secondary N) is 1. The third-order valence-electron chi connectivity index (χ3n) is 6.84. The highest BCUT2D eigenvalue weighted by Crippen LogP contribution is 2.52. The molecule has 1 heterocycles. The molecule has 0 radical (unpaired) electrons. The Kier molecular flexibility index (Phi) is 5.08. The number of carbonyl (C=O) groups is 2. The van der Waals surface area contributed by atoms with Crippen molar-refractivity contribution >= 4 is 11.9 Å². The molecule has 2 bridgehead atoms. The molecule has 1 aromatic rings. The molecule has 1 amide bonds. The number of carboxylic acid groups (broad SMARTS) is 1. The van der Waals surface area contributed by atoms with Crippen molar-refractivity contribution in [1.82, 2.24) is 4.90 Å². The number of piperazine rings is 1. The Balaban J connectivity index is 1.35. The molecule has 6 nitrogen and oxygen atoms in total. The second kappa shape index (κ2) is 7.50. The first-order chi connectivity index (χ1) is 13.1. The van der Waals surface area contributed by atoms with Gasteiger partial charge in [0, 0.05) is 23.4 Å². The second-order valence-electron chi connectivity index (χ2n) is 8.31. The van der Waals surface area contributed by atoms with E-state index in [1.54, 1.807) is 7.11 Å². The van der Waals surface area contributed by atoms with Gasteiger partial charge in [0.15, 0.2) is 0 Å². The number of amides is 1. The van der Waals surface area contributed by atoms with Crippen molar-refractivity contribution in [3.63, 3.8) is 0 Å². The second-order valence-corrected chi connectivity index (χ2v) is 8.31. The first-order valence-electron chi connectivity index (χ1n) is 10.0. The van der Waals surface area contributed by atoms with E-state index in [4.69, 9.17) is 4.74 Å². The molecule has 1 saturated heterocycles. The minimum atomic E-state index is -1.03. The van der Waals surface area contributed by atoms with Gasteiger partial charge in [-0.05, 0) is 43.2 Å². The first-order valence-corrected chi connectivity index (χ1v) is 10.0. The summed E-state index contributed by atoms with van der Waals surface area (Å²) in [6.07, 6.45) is 2.81. The van der Waals surface area contributed by atoms with E-state index in [1.807, 2.05) is 17.0 Å². The van der Waals surface area contributed by atoms with Gasteiger partial charge in [0.05, 0.1) is 33.3 Å². The zero-order valence-corrected chi connectivity index (χ0v) is 15.9. The van der Waals surface area contributed by atoms with E-state index < -0.39 is 11.9 Å². The predicted molar refractivity (Wildman–Crippen MR) is 96.8 cm³/mol. The topological polar surface area (TPSA) is 74.1 Å². The average Bonchev–Trinajstić information content (AvgIpc) is 3.29. The number of fused-ring (bicyclic) bond motifs is 2. The molecule has 27 heavy (non-hydrogen) atoms. The highest BCUT2D eigenvalue weighted by molar-refractivity contribution is 5.85. The Labute approximate surface area is 160 Å². The van der Waals surface area contributed by atoms with Crippen LogP contribution in [-0.4, -0.2) is 50.1 Å². The smallest absolute Gasteiger partial charge is 0.227 e. The van der Waals surface area contributed by atoms with Gasteiger partial charge >= 0.3 is 0 Å². The van der Waals surface area contributed by atoms with Crippen LogP contribution in [0.1, 0.15) is 24.8 Å². The number of hydrogen-bond donors (Lipinski definition) is 1. The van der Waals surface area contributed by atoms with Crippen LogP contribution in [0, 0.1) is 23.7 Å². The maximum atomic E-state index is 13.1. The van der Waals surface area contributed by atoms with Crippen LogP contribution in [0.3, 0.4) is 0 Å². The van der Waals surface area contributed by atoms with Crippen LogP contribution in [0.5, 0.6) is 5.75 Å². The fraction of sp³-hybridized carbons (Fsp3) is 0.619. The van der Waals surface area contributed by atoms with Gasteiger partial charge in [0.1, 0.15) is 12.3 Å². The van der Waals surface area contributed by atoms with Crippen molar-refractivity contribution in [2.75, 3.05) is 33.3 Å². The van der Waals surface area contributed by atoms with E-state index in [2.05, 4.69) is 12.1 Å². The number of aliphatic carboxylic acids is 1. The van der Waals surface area contributed by atoms with Crippen molar-refractivity contribution in [3.8, 4) is 5.75 Å². The number of methoxy groups -OCH3 is 1. The lowest BCUT2D eigenvalue weighted by Gasteiger charge is -2.38. The largest absolute Gasteiger partial charge is 0.550 e. The molecular formula is C21H28N2O4. The molecular weight excluding hydrogens is 344 g/mol. The standard InChI is InChI=1S/C21H28N2O4/c1-27-17-4-2-3-14(11-17)13-22-7-9-23(10-8-22)20(24)18-15-5-6-16(12-15)19(18)21(25)26/h2-4,11,15-16,18-19H,5-10,12-13H2,1H3,(H,25,26)/t15-,16-,18+,19+/m1/s1. The van der Waals surface area contributed by atoms with E-state index in [-0.39, 0.29) is 23.7 Å². The molecule has 1 N–H and O–H groups in total. The molecule has 0 unspecified atom stereocenters. The Morgan fingerprint density at radius 1 is 1.19 bits per heavy atom. The minimum Gasteiger partial charge on any atom is -0.550 e. The van der Waals surface area contributed by atoms with Crippen molar-refractivity contribution in [2.24, 2.45) is 23.7 Å². The van der Waals surface area contributed by atoms with Crippen molar-refractivity contribution in [1.29, 1.82) is 0 Å². The van der Waals surface area contributed by atoms with Gasteiger partial charge in [-0.25, -0.2) is 0 Å². The highest BCUT2D eigenvalue weighted by atomic mass is 16.5. The summed E-state index contributed by atoms with van der Waals surface area (Å²) < 4.78 is 5.29. The van der Waals surface area contributed by atoms with Gasteiger partial charge in [-0.2, -0.15) is 0 Å². The van der Waals surface area contributed by atoms with Crippen molar-refractivity contribution < 1.29 is 24.3 Å². The molecule has 2 saturated carbocycles. The van der Waals surface area contributed by atoms with Crippen LogP contribution in [0.4, 0.5) is 0 Å². The van der Waals surface area contributed by atoms with Crippen LogP contribution < -0.4 is 14.7 Å². The molecule has 0 spiro atoms. The molecule has 4 atom stereocenters. The van der Waals surface area contributed by atoms with Crippen molar-refractivity contribution in [3.05, 3.63) is 29.8 Å². The summed E-state index contributed by atoms with van der Waals surface area (Å²) in [7, 11) is 1.67. The van der Waals surface area contributed by atoms with E-state index in [0.717, 1.165) is 44.6 Å². The lowest BCUT2D eigenvalue weighted by atomic mass is 9.78. The maximum absolute atomic E-state index is 13.1. The number of ether oxygens (including phenoxy) is 1. The number of quaternary nitrogens is 1. The van der Waals surface area contributed by atoms with Gasteiger partial charge in [-0.3, -0.25) is 4.79 Å². The summed E-state index contributed by atoms with van der Waals surface area (Å²) in [5.41, 5.74) is 1.23. The fourth-order valence-corrected chi connectivity index (χ4v) is 5.49. The summed E-state index contributed by atoms with van der Waals surface area (Å²) in [5, 5.41) is 11.6. The summed E-state index contributed by atoms with van der Waals surface area (Å²) in [4.78, 5) is 28.0. The number of benzene rings is 1.